The van der Waals surface area contributed by atoms with Gasteiger partial charge in [0.1, 0.15) is 6.10 Å². The number of ether oxygens (including phenoxy) is 1. The molecule has 0 aromatic rings. The highest BCUT2D eigenvalue weighted by Crippen LogP contribution is 2.30. The Balaban J connectivity index is 2.43. The topological polar surface area (TPSA) is 83.9 Å². The lowest BCUT2D eigenvalue weighted by molar-refractivity contribution is -0.153. The van der Waals surface area contributed by atoms with Crippen LogP contribution in [0.5, 0.6) is 0 Å². The first-order valence-corrected chi connectivity index (χ1v) is 12.2. The number of carbonyl (C=O) groups excluding carboxylic acids is 2. The highest BCUT2D eigenvalue weighted by Gasteiger charge is 2.31. The number of amides is 1. The molecule has 0 saturated carbocycles. The minimum Gasteiger partial charge on any atom is -0.481 e. The predicted molar refractivity (Wildman–Crippen MR) is 117 cm³/mol. The molecule has 2 atom stereocenters. The van der Waals surface area contributed by atoms with Crippen molar-refractivity contribution >= 4 is 29.6 Å². The zero-order chi connectivity index (χ0) is 21.6. The number of carboxylic acid groups (broad SMARTS) is 1. The number of hydrogen-bond acceptors (Lipinski definition) is 5. The minimum atomic E-state index is -0.747. The summed E-state index contributed by atoms with van der Waals surface area (Å²) in [5.74, 6) is -0.297. The zero-order valence-electron chi connectivity index (χ0n) is 18.4. The average Bonchev–Trinajstić information content (AvgIpc) is 3.01. The van der Waals surface area contributed by atoms with Crippen molar-refractivity contribution in [2.75, 3.05) is 12.3 Å². The monoisotopic (exact) mass is 429 g/mol. The van der Waals surface area contributed by atoms with E-state index in [1.807, 2.05) is 18.7 Å². The Kier molecular flexibility index (Phi) is 13.1. The number of thioether (sulfide) groups is 1. The molecule has 0 radical (unpaired) electrons. The van der Waals surface area contributed by atoms with Crippen molar-refractivity contribution in [2.24, 2.45) is 5.92 Å². The molecule has 6 nitrogen and oxygen atoms in total. The van der Waals surface area contributed by atoms with Crippen LogP contribution in [0.15, 0.2) is 0 Å². The molecule has 7 heteroatoms. The van der Waals surface area contributed by atoms with Crippen LogP contribution in [0.2, 0.25) is 0 Å². The first-order chi connectivity index (χ1) is 13.8. The van der Waals surface area contributed by atoms with E-state index in [2.05, 4.69) is 6.92 Å². The number of unbranched alkanes of at least 4 members (excludes halogenated alkanes) is 5. The van der Waals surface area contributed by atoms with E-state index in [-0.39, 0.29) is 35.7 Å². The molecule has 0 aliphatic carbocycles. The van der Waals surface area contributed by atoms with Crippen molar-refractivity contribution in [3.63, 3.8) is 0 Å². The molecule has 1 aliphatic rings. The number of esters is 1. The maximum Gasteiger partial charge on any atom is 0.308 e. The second-order valence-electron chi connectivity index (χ2n) is 8.20. The SMILES string of the molecule is CCCCCC(CCC1SCC(=O)N1CCCCCCC(=O)O)OC(=O)C(C)C. The second-order valence-corrected chi connectivity index (χ2v) is 9.36. The minimum absolute atomic E-state index is 0.0642. The standard InChI is InChI=1S/C22H39NO5S/c1-4-5-8-11-18(28-22(27)17(2)3)13-14-20-23(19(24)16-29-20)15-10-7-6-9-12-21(25)26/h17-18,20H,4-16H2,1-3H3,(H,25,26). The largest absolute Gasteiger partial charge is 0.481 e. The molecule has 0 spiro atoms. The quantitative estimate of drug-likeness (QED) is 0.279. The first-order valence-electron chi connectivity index (χ1n) is 11.2. The molecule has 1 amide bonds. The van der Waals surface area contributed by atoms with E-state index in [4.69, 9.17) is 9.84 Å². The summed E-state index contributed by atoms with van der Waals surface area (Å²) in [5, 5.41) is 8.84. The lowest BCUT2D eigenvalue weighted by atomic mass is 10.1. The molecule has 0 aromatic heterocycles. The van der Waals surface area contributed by atoms with Gasteiger partial charge in [-0.15, -0.1) is 11.8 Å². The van der Waals surface area contributed by atoms with E-state index in [0.29, 0.717) is 12.2 Å². The summed E-state index contributed by atoms with van der Waals surface area (Å²) in [4.78, 5) is 36.8. The van der Waals surface area contributed by atoms with Crippen molar-refractivity contribution in [3.05, 3.63) is 0 Å². The van der Waals surface area contributed by atoms with E-state index in [0.717, 1.165) is 64.3 Å². The van der Waals surface area contributed by atoms with E-state index in [1.165, 1.54) is 0 Å². The number of nitrogens with zero attached hydrogens (tertiary/aromatic N) is 1. The van der Waals surface area contributed by atoms with Crippen molar-refractivity contribution in [1.29, 1.82) is 0 Å². The third kappa shape index (κ3) is 10.9. The van der Waals surface area contributed by atoms with Gasteiger partial charge in [-0.1, -0.05) is 46.5 Å². The van der Waals surface area contributed by atoms with Gasteiger partial charge < -0.3 is 14.7 Å². The van der Waals surface area contributed by atoms with Gasteiger partial charge in [-0.25, -0.2) is 0 Å². The third-order valence-corrected chi connectivity index (χ3v) is 6.51. The van der Waals surface area contributed by atoms with Crippen LogP contribution in [0.25, 0.3) is 0 Å². The van der Waals surface area contributed by atoms with Crippen molar-refractivity contribution < 1.29 is 24.2 Å². The van der Waals surface area contributed by atoms with E-state index >= 15 is 0 Å². The number of hydrogen-bond donors (Lipinski definition) is 1. The highest BCUT2D eigenvalue weighted by molar-refractivity contribution is 8.00. The van der Waals surface area contributed by atoms with Gasteiger partial charge in [-0.05, 0) is 38.5 Å². The molecule has 1 fully saturated rings. The Bertz CT molecular complexity index is 511. The van der Waals surface area contributed by atoms with Crippen LogP contribution < -0.4 is 0 Å². The summed E-state index contributed by atoms with van der Waals surface area (Å²) < 4.78 is 5.73. The first kappa shape index (κ1) is 25.8. The van der Waals surface area contributed by atoms with E-state index < -0.39 is 5.97 Å². The van der Waals surface area contributed by atoms with Gasteiger partial charge in [0, 0.05) is 13.0 Å². The van der Waals surface area contributed by atoms with Gasteiger partial charge >= 0.3 is 11.9 Å². The van der Waals surface area contributed by atoms with E-state index in [9.17, 15) is 14.4 Å². The Morgan fingerprint density at radius 2 is 1.86 bits per heavy atom. The van der Waals surface area contributed by atoms with Crippen molar-refractivity contribution in [2.45, 2.75) is 103 Å². The van der Waals surface area contributed by atoms with Crippen LogP contribution in [0.4, 0.5) is 0 Å². The maximum atomic E-state index is 12.3. The Morgan fingerprint density at radius 1 is 1.14 bits per heavy atom. The van der Waals surface area contributed by atoms with Gasteiger partial charge in [0.2, 0.25) is 5.91 Å². The van der Waals surface area contributed by atoms with Crippen LogP contribution in [-0.2, 0) is 19.1 Å². The third-order valence-electron chi connectivity index (χ3n) is 5.23. The number of rotatable bonds is 16. The fourth-order valence-corrected chi connectivity index (χ4v) is 4.64. The van der Waals surface area contributed by atoms with Gasteiger partial charge in [0.15, 0.2) is 0 Å². The summed E-state index contributed by atoms with van der Waals surface area (Å²) in [7, 11) is 0. The fourth-order valence-electron chi connectivity index (χ4n) is 3.43. The normalized spacial score (nSPS) is 17.7. The molecule has 1 N–H and O–H groups in total. The van der Waals surface area contributed by atoms with Gasteiger partial charge in [-0.3, -0.25) is 14.4 Å². The molecule has 0 aromatic carbocycles. The molecule has 0 bridgehead atoms. The fraction of sp³-hybridized carbons (Fsp3) is 0.864. The summed E-state index contributed by atoms with van der Waals surface area (Å²) in [5.41, 5.74) is 0. The van der Waals surface area contributed by atoms with Crippen LogP contribution in [0.3, 0.4) is 0 Å². The van der Waals surface area contributed by atoms with Crippen LogP contribution in [-0.4, -0.2) is 51.6 Å². The molecule has 1 saturated heterocycles. The highest BCUT2D eigenvalue weighted by atomic mass is 32.2. The van der Waals surface area contributed by atoms with Gasteiger partial charge in [0.25, 0.3) is 0 Å². The lowest BCUT2D eigenvalue weighted by Gasteiger charge is -2.26. The smallest absolute Gasteiger partial charge is 0.308 e. The molecule has 168 valence electrons. The molecule has 29 heavy (non-hydrogen) atoms. The lowest BCUT2D eigenvalue weighted by Crippen LogP contribution is -2.34. The van der Waals surface area contributed by atoms with Crippen LogP contribution >= 0.6 is 11.8 Å². The molecule has 1 rings (SSSR count). The number of aliphatic carboxylic acids is 1. The predicted octanol–water partition coefficient (Wildman–Crippen LogP) is 4.85. The molecule has 2 unspecified atom stereocenters. The summed E-state index contributed by atoms with van der Waals surface area (Å²) >= 11 is 1.68. The molecular weight excluding hydrogens is 390 g/mol. The summed E-state index contributed by atoms with van der Waals surface area (Å²) in [6, 6.07) is 0. The molecule has 1 heterocycles. The number of carboxylic acids is 1. The van der Waals surface area contributed by atoms with Gasteiger partial charge in [0.05, 0.1) is 17.0 Å². The van der Waals surface area contributed by atoms with Gasteiger partial charge in [-0.2, -0.15) is 0 Å². The zero-order valence-corrected chi connectivity index (χ0v) is 19.2. The van der Waals surface area contributed by atoms with Crippen LogP contribution in [0, 0.1) is 5.92 Å². The summed E-state index contributed by atoms with van der Waals surface area (Å²) in [6.45, 7) is 6.61. The van der Waals surface area contributed by atoms with E-state index in [1.54, 1.807) is 11.8 Å². The van der Waals surface area contributed by atoms with Crippen LogP contribution in [0.1, 0.15) is 91.4 Å². The maximum absolute atomic E-state index is 12.3. The average molecular weight is 430 g/mol. The number of carbonyl (C=O) groups is 3. The summed E-state index contributed by atoms with van der Waals surface area (Å²) in [6.07, 6.45) is 9.45. The molecular formula is C22H39NO5S. The second kappa shape index (κ2) is 14.7. The Labute approximate surface area is 180 Å². The van der Waals surface area contributed by atoms with Crippen molar-refractivity contribution in [1.82, 2.24) is 4.90 Å². The van der Waals surface area contributed by atoms with Crippen molar-refractivity contribution in [3.8, 4) is 0 Å². The molecule has 1 aliphatic heterocycles. The Hall–Kier alpha value is -1.24. The Morgan fingerprint density at radius 3 is 2.52 bits per heavy atom.